The minimum Gasteiger partial charge on any atom is -0.310 e. The number of benzene rings is 20. The molecule has 0 aromatic heterocycles. The number of para-hydroxylation sites is 1. The van der Waals surface area contributed by atoms with Crippen LogP contribution in [0.4, 0.5) is 34.1 Å². The van der Waals surface area contributed by atoms with Crippen molar-refractivity contribution in [2.45, 2.75) is 0 Å². The van der Waals surface area contributed by atoms with E-state index in [0.717, 1.165) is 95.3 Å². The highest BCUT2D eigenvalue weighted by atomic mass is 15.2. The van der Waals surface area contributed by atoms with Gasteiger partial charge in [-0.1, -0.05) is 358 Å². The molecule has 0 N–H and O–H groups in total. The lowest BCUT2D eigenvalue weighted by Crippen LogP contribution is -2.12. The van der Waals surface area contributed by atoms with Crippen LogP contribution < -0.4 is 9.80 Å². The zero-order valence-corrected chi connectivity index (χ0v) is 60.5. The third kappa shape index (κ3) is 12.1. The maximum Gasteiger partial charge on any atom is 0.0546 e. The van der Waals surface area contributed by atoms with Gasteiger partial charge in [-0.05, 0) is 233 Å². The second-order valence-electron chi connectivity index (χ2n) is 28.7. The topological polar surface area (TPSA) is 6.48 Å². The minimum atomic E-state index is 1.05. The third-order valence-corrected chi connectivity index (χ3v) is 22.2. The number of anilines is 6. The van der Waals surface area contributed by atoms with Gasteiger partial charge in [-0.3, -0.25) is 0 Å². The van der Waals surface area contributed by atoms with E-state index < -0.39 is 0 Å². The Morgan fingerprint density at radius 3 is 0.909 bits per heavy atom. The Labute approximate surface area is 641 Å². The van der Waals surface area contributed by atoms with Crippen molar-refractivity contribution in [3.05, 3.63) is 437 Å². The first-order chi connectivity index (χ1) is 54.5. The van der Waals surface area contributed by atoms with Crippen molar-refractivity contribution >= 4 is 98.8 Å². The summed E-state index contributed by atoms with van der Waals surface area (Å²) in [5, 5.41) is 14.7. The molecule has 20 aromatic rings. The summed E-state index contributed by atoms with van der Waals surface area (Å²) in [5.41, 5.74) is 27.3. The Morgan fingerprint density at radius 1 is 0.118 bits per heavy atom. The van der Waals surface area contributed by atoms with Gasteiger partial charge in [0.05, 0.1) is 11.4 Å². The van der Waals surface area contributed by atoms with Crippen LogP contribution in [0.2, 0.25) is 0 Å². The second kappa shape index (κ2) is 28.1. The normalized spacial score (nSPS) is 11.5. The molecule has 0 saturated carbocycles. The molecule has 110 heavy (non-hydrogen) atoms. The van der Waals surface area contributed by atoms with E-state index >= 15 is 0 Å². The third-order valence-electron chi connectivity index (χ3n) is 22.2. The lowest BCUT2D eigenvalue weighted by atomic mass is 9.90. The van der Waals surface area contributed by atoms with Crippen molar-refractivity contribution in [3.63, 3.8) is 0 Å². The van der Waals surface area contributed by atoms with Crippen LogP contribution in [-0.2, 0) is 0 Å². The van der Waals surface area contributed by atoms with E-state index in [9.17, 15) is 0 Å². The summed E-state index contributed by atoms with van der Waals surface area (Å²) in [5.74, 6) is 0. The van der Waals surface area contributed by atoms with Gasteiger partial charge in [0, 0.05) is 33.9 Å². The molecule has 0 aliphatic heterocycles. The molecule has 2 nitrogen and oxygen atoms in total. The predicted octanol–water partition coefficient (Wildman–Crippen LogP) is 30.5. The monoisotopic (exact) mass is 1400 g/mol. The first-order valence-electron chi connectivity index (χ1n) is 37.9. The molecule has 0 aliphatic carbocycles. The highest BCUT2D eigenvalue weighted by Gasteiger charge is 2.24. The molecule has 0 spiro atoms. The van der Waals surface area contributed by atoms with E-state index in [0.29, 0.717) is 0 Å². The van der Waals surface area contributed by atoms with E-state index in [4.69, 9.17) is 0 Å². The summed E-state index contributed by atoms with van der Waals surface area (Å²) >= 11 is 0. The molecule has 20 rings (SSSR count). The Bertz CT molecular complexity index is 6870. The molecule has 20 aromatic carbocycles. The lowest BCUT2D eigenvalue weighted by Gasteiger charge is -2.29. The van der Waals surface area contributed by atoms with Crippen LogP contribution >= 0.6 is 0 Å². The first-order valence-corrected chi connectivity index (χ1v) is 37.9. The van der Waals surface area contributed by atoms with E-state index in [1.807, 2.05) is 0 Å². The first kappa shape index (κ1) is 65.1. The van der Waals surface area contributed by atoms with Crippen LogP contribution in [0.25, 0.3) is 165 Å². The number of fused-ring (bicyclic) bond motifs is 8. The van der Waals surface area contributed by atoms with Crippen LogP contribution in [-0.4, -0.2) is 0 Å². The van der Waals surface area contributed by atoms with Gasteiger partial charge in [0.15, 0.2) is 0 Å². The van der Waals surface area contributed by atoms with Crippen molar-refractivity contribution in [2.24, 2.45) is 0 Å². The number of nitrogens with zero attached hydrogens (tertiary/aromatic N) is 2. The van der Waals surface area contributed by atoms with Crippen LogP contribution in [0.15, 0.2) is 437 Å². The second-order valence-corrected chi connectivity index (χ2v) is 28.7. The van der Waals surface area contributed by atoms with Crippen LogP contribution in [0, 0.1) is 0 Å². The van der Waals surface area contributed by atoms with E-state index in [2.05, 4.69) is 447 Å². The van der Waals surface area contributed by atoms with Crippen molar-refractivity contribution < 1.29 is 0 Å². The van der Waals surface area contributed by atoms with Gasteiger partial charge in [-0.25, -0.2) is 0 Å². The smallest absolute Gasteiger partial charge is 0.0546 e. The molecule has 0 bridgehead atoms. The van der Waals surface area contributed by atoms with Crippen LogP contribution in [0.3, 0.4) is 0 Å². The average Bonchev–Trinajstić information content (AvgIpc) is 0.738. The quantitative estimate of drug-likeness (QED) is 0.0944. The molecule has 0 amide bonds. The van der Waals surface area contributed by atoms with Gasteiger partial charge in [0.1, 0.15) is 0 Å². The van der Waals surface area contributed by atoms with E-state index in [-0.39, 0.29) is 0 Å². The number of hydrogen-bond donors (Lipinski definition) is 0. The van der Waals surface area contributed by atoms with Gasteiger partial charge in [0.25, 0.3) is 0 Å². The Balaban J connectivity index is 0.667. The summed E-state index contributed by atoms with van der Waals surface area (Å²) in [4.78, 5) is 4.93. The van der Waals surface area contributed by atoms with Crippen molar-refractivity contribution in [2.75, 3.05) is 9.80 Å². The molecular weight excluding hydrogens is 1330 g/mol. The standard InChI is InChI=1S/C108H72N2/c1-2-23-73(24-3-1)82-31-18-32-83(67-82)79-59-64-90(65-60-79)110(92-36-20-34-86(69-92)96-47-22-30-81-26-5-9-38-94(81)96)108-72-84(61-66-104(108)106-71-88-28-7-11-40-98(88)100-42-13-15-44-102(100)106)78-55-53-75(54-56-78)74-49-51-76(52-50-74)77-57-62-89(63-58-77)109(91-35-19-33-85(68-91)95-46-21-29-80-25-4-8-37-93(80)95)107-48-17-16-45-103(107)105-70-87-27-6-10-39-97(87)99-41-12-14-43-101(99)105/h1-72H. The molecule has 0 saturated heterocycles. The molecule has 514 valence electrons. The highest BCUT2D eigenvalue weighted by molar-refractivity contribution is 6.17. The maximum atomic E-state index is 2.49. The van der Waals surface area contributed by atoms with E-state index in [1.54, 1.807) is 0 Å². The van der Waals surface area contributed by atoms with Gasteiger partial charge in [-0.2, -0.15) is 0 Å². The Morgan fingerprint density at radius 2 is 0.418 bits per heavy atom. The summed E-state index contributed by atoms with van der Waals surface area (Å²) in [6, 6.07) is 161. The average molecular weight is 1400 g/mol. The number of hydrogen-bond acceptors (Lipinski definition) is 2. The van der Waals surface area contributed by atoms with Gasteiger partial charge < -0.3 is 9.80 Å². The molecule has 2 heteroatoms. The summed E-state index contributed by atoms with van der Waals surface area (Å²) in [7, 11) is 0. The molecule has 0 radical (unpaired) electrons. The zero-order valence-electron chi connectivity index (χ0n) is 60.5. The highest BCUT2D eigenvalue weighted by Crippen LogP contribution is 2.50. The molecule has 0 unspecified atom stereocenters. The molecule has 0 aliphatic rings. The summed E-state index contributed by atoms with van der Waals surface area (Å²) < 4.78 is 0. The van der Waals surface area contributed by atoms with Crippen molar-refractivity contribution in [3.8, 4) is 100 Å². The number of rotatable bonds is 15. The van der Waals surface area contributed by atoms with Gasteiger partial charge in [0.2, 0.25) is 0 Å². The predicted molar refractivity (Wildman–Crippen MR) is 470 cm³/mol. The molecule has 0 atom stereocenters. The van der Waals surface area contributed by atoms with Crippen molar-refractivity contribution in [1.29, 1.82) is 0 Å². The van der Waals surface area contributed by atoms with Crippen LogP contribution in [0.1, 0.15) is 0 Å². The minimum absolute atomic E-state index is 1.05. The van der Waals surface area contributed by atoms with Gasteiger partial charge in [-0.15, -0.1) is 0 Å². The fraction of sp³-hybridized carbons (Fsp3) is 0. The van der Waals surface area contributed by atoms with Gasteiger partial charge >= 0.3 is 0 Å². The van der Waals surface area contributed by atoms with Crippen LogP contribution in [0.5, 0.6) is 0 Å². The largest absolute Gasteiger partial charge is 0.310 e. The molecule has 0 fully saturated rings. The van der Waals surface area contributed by atoms with Crippen molar-refractivity contribution in [1.82, 2.24) is 0 Å². The maximum absolute atomic E-state index is 2.49. The lowest BCUT2D eigenvalue weighted by molar-refractivity contribution is 1.28. The summed E-state index contributed by atoms with van der Waals surface area (Å²) in [6.45, 7) is 0. The fourth-order valence-corrected chi connectivity index (χ4v) is 16.8. The Kier molecular flexibility index (Phi) is 16.6. The zero-order chi connectivity index (χ0) is 72.9. The molecular formula is C108H72N2. The SMILES string of the molecule is c1ccc(-c2cccc(-c3ccc(N(c4cccc(-c5cccc6ccccc56)c4)c4cc(-c5ccc(-c6ccc(-c7ccc(N(c8cccc(-c9cccc%10ccccc9%10)c8)c8ccccc8-c8cc9ccccc9c9ccccc89)cc7)cc6)cc5)ccc4-c4cc5ccccc5c5ccccc45)cc3)c2)cc1. The molecule has 0 heterocycles. The summed E-state index contributed by atoms with van der Waals surface area (Å²) in [6.07, 6.45) is 0. The fourth-order valence-electron chi connectivity index (χ4n) is 16.8. The van der Waals surface area contributed by atoms with E-state index in [1.165, 1.54) is 104 Å². The Hall–Kier alpha value is -14.4.